The lowest BCUT2D eigenvalue weighted by Crippen LogP contribution is -2.19. The molecule has 0 amide bonds. The van der Waals surface area contributed by atoms with Crippen LogP contribution in [-0.4, -0.2) is 28.2 Å². The molecule has 1 heterocycles. The van der Waals surface area contributed by atoms with Gasteiger partial charge in [-0.05, 0) is 24.6 Å². The largest absolute Gasteiger partial charge is 0.433 e. The van der Waals surface area contributed by atoms with Gasteiger partial charge in [-0.3, -0.25) is 0 Å². The van der Waals surface area contributed by atoms with E-state index in [0.29, 0.717) is 18.2 Å². The van der Waals surface area contributed by atoms with Gasteiger partial charge in [0.1, 0.15) is 5.69 Å². The number of hydrogen-bond acceptors (Lipinski definition) is 4. The number of alkyl halides is 2. The van der Waals surface area contributed by atoms with Gasteiger partial charge in [0.2, 0.25) is 0 Å². The highest BCUT2D eigenvalue weighted by atomic mass is 19.3. The first kappa shape index (κ1) is 15.4. The zero-order valence-corrected chi connectivity index (χ0v) is 12.0. The van der Waals surface area contributed by atoms with E-state index in [2.05, 4.69) is 34.2 Å². The van der Waals surface area contributed by atoms with Gasteiger partial charge in [0.05, 0.1) is 11.9 Å². The average Bonchev–Trinajstić information content (AvgIpc) is 2.87. The van der Waals surface area contributed by atoms with Crippen molar-refractivity contribution in [2.24, 2.45) is 5.92 Å². The summed E-state index contributed by atoms with van der Waals surface area (Å²) in [5.74, 6) is 0.610. The Morgan fingerprint density at radius 3 is 2.76 bits per heavy atom. The maximum Gasteiger partial charge on any atom is 0.387 e. The highest BCUT2D eigenvalue weighted by Gasteiger charge is 2.12. The summed E-state index contributed by atoms with van der Waals surface area (Å²) < 4.78 is 30.7. The maximum absolute atomic E-state index is 12.4. The lowest BCUT2D eigenvalue weighted by Gasteiger charge is -2.09. The van der Waals surface area contributed by atoms with Crippen LogP contribution in [0.1, 0.15) is 19.5 Å². The molecule has 0 bridgehead atoms. The van der Waals surface area contributed by atoms with E-state index in [9.17, 15) is 8.78 Å². The first-order chi connectivity index (χ1) is 10.1. The summed E-state index contributed by atoms with van der Waals surface area (Å²) in [4.78, 5) is 0. The second-order valence-electron chi connectivity index (χ2n) is 5.03. The van der Waals surface area contributed by atoms with Gasteiger partial charge in [-0.1, -0.05) is 31.2 Å². The molecule has 0 unspecified atom stereocenters. The predicted molar refractivity (Wildman–Crippen MR) is 74.5 cm³/mol. The number of para-hydroxylation sites is 2. The van der Waals surface area contributed by atoms with E-state index in [1.807, 2.05) is 0 Å². The van der Waals surface area contributed by atoms with Gasteiger partial charge in [-0.2, -0.15) is 8.78 Å². The number of ether oxygens (including phenoxy) is 1. The molecular weight excluding hydrogens is 278 g/mol. The molecule has 0 aliphatic carbocycles. The topological polar surface area (TPSA) is 52.0 Å². The van der Waals surface area contributed by atoms with E-state index in [0.717, 1.165) is 12.2 Å². The van der Waals surface area contributed by atoms with E-state index in [-0.39, 0.29) is 5.75 Å². The Hall–Kier alpha value is -2.02. The summed E-state index contributed by atoms with van der Waals surface area (Å²) in [6.07, 6.45) is 1.70. The summed E-state index contributed by atoms with van der Waals surface area (Å²) in [7, 11) is 0. The lowest BCUT2D eigenvalue weighted by atomic mass is 10.2. The molecule has 7 heteroatoms. The molecule has 1 aromatic carbocycles. The van der Waals surface area contributed by atoms with Gasteiger partial charge in [-0.25, -0.2) is 4.68 Å². The zero-order valence-electron chi connectivity index (χ0n) is 12.0. The smallest absolute Gasteiger partial charge is 0.387 e. The summed E-state index contributed by atoms with van der Waals surface area (Å²) in [6.45, 7) is 2.80. The molecule has 0 saturated carbocycles. The highest BCUT2D eigenvalue weighted by Crippen LogP contribution is 2.23. The van der Waals surface area contributed by atoms with Crippen molar-refractivity contribution < 1.29 is 13.5 Å². The van der Waals surface area contributed by atoms with Crippen LogP contribution in [0.2, 0.25) is 0 Å². The minimum atomic E-state index is -2.87. The Balaban J connectivity index is 2.10. The third-order valence-electron chi connectivity index (χ3n) is 2.73. The Bertz CT molecular complexity index is 572. The lowest BCUT2D eigenvalue weighted by molar-refractivity contribution is -0.0499. The van der Waals surface area contributed by atoms with E-state index < -0.39 is 6.61 Å². The van der Waals surface area contributed by atoms with Crippen LogP contribution in [-0.2, 0) is 6.54 Å². The summed E-state index contributed by atoms with van der Waals surface area (Å²) in [6, 6.07) is 6.48. The van der Waals surface area contributed by atoms with Crippen molar-refractivity contribution >= 4 is 0 Å². The highest BCUT2D eigenvalue weighted by molar-refractivity contribution is 5.45. The molecule has 114 valence electrons. The van der Waals surface area contributed by atoms with E-state index in [4.69, 9.17) is 0 Å². The van der Waals surface area contributed by atoms with Crippen molar-refractivity contribution in [3.63, 3.8) is 0 Å². The fraction of sp³-hybridized carbons (Fsp3) is 0.429. The second-order valence-corrected chi connectivity index (χ2v) is 5.03. The molecule has 2 rings (SSSR count). The molecule has 0 saturated heterocycles. The predicted octanol–water partition coefficient (Wildman–Crippen LogP) is 2.61. The molecule has 0 fully saturated rings. The fourth-order valence-corrected chi connectivity index (χ4v) is 1.83. The number of halogens is 2. The maximum atomic E-state index is 12.4. The Labute approximate surface area is 121 Å². The molecule has 1 N–H and O–H groups in total. The minimum Gasteiger partial charge on any atom is -0.433 e. The summed E-state index contributed by atoms with van der Waals surface area (Å²) in [5, 5.41) is 11.2. The first-order valence-corrected chi connectivity index (χ1v) is 6.72. The number of rotatable bonds is 7. The molecule has 0 spiro atoms. The fourth-order valence-electron chi connectivity index (χ4n) is 1.83. The van der Waals surface area contributed by atoms with Crippen LogP contribution in [0.25, 0.3) is 5.69 Å². The summed E-state index contributed by atoms with van der Waals surface area (Å²) >= 11 is 0. The van der Waals surface area contributed by atoms with Gasteiger partial charge in [-0.15, -0.1) is 5.10 Å². The summed E-state index contributed by atoms with van der Waals surface area (Å²) in [5.41, 5.74) is 1.17. The van der Waals surface area contributed by atoms with Gasteiger partial charge in [0.15, 0.2) is 5.75 Å². The standard InChI is InChI=1S/C14H18F2N4O/c1-10(2)7-17-8-11-9-20(19-18-11)12-5-3-4-6-13(12)21-14(15)16/h3-6,9-10,14,17H,7-8H2,1-2H3. The van der Waals surface area contributed by atoms with Crippen molar-refractivity contribution in [1.29, 1.82) is 0 Å². The van der Waals surface area contributed by atoms with Crippen LogP contribution in [0.15, 0.2) is 30.5 Å². The van der Waals surface area contributed by atoms with Crippen molar-refractivity contribution in [3.8, 4) is 11.4 Å². The van der Waals surface area contributed by atoms with Gasteiger partial charge >= 0.3 is 6.61 Å². The van der Waals surface area contributed by atoms with Gasteiger partial charge in [0, 0.05) is 6.54 Å². The molecule has 1 aromatic heterocycles. The SMILES string of the molecule is CC(C)CNCc1cn(-c2ccccc2OC(F)F)nn1. The Kier molecular flexibility index (Phi) is 5.21. The molecule has 2 aromatic rings. The van der Waals surface area contributed by atoms with Crippen LogP contribution in [0.4, 0.5) is 8.78 Å². The number of nitrogens with zero attached hydrogens (tertiary/aromatic N) is 3. The molecule has 0 atom stereocenters. The molecule has 5 nitrogen and oxygen atoms in total. The number of aromatic nitrogens is 3. The van der Waals surface area contributed by atoms with Crippen LogP contribution < -0.4 is 10.1 Å². The Morgan fingerprint density at radius 1 is 1.29 bits per heavy atom. The third-order valence-corrected chi connectivity index (χ3v) is 2.73. The van der Waals surface area contributed by atoms with E-state index in [1.54, 1.807) is 24.4 Å². The molecule has 0 radical (unpaired) electrons. The monoisotopic (exact) mass is 296 g/mol. The number of nitrogens with one attached hydrogen (secondary N) is 1. The van der Waals surface area contributed by atoms with E-state index >= 15 is 0 Å². The van der Waals surface area contributed by atoms with Crippen molar-refractivity contribution in [2.45, 2.75) is 27.0 Å². The molecular formula is C14H18F2N4O. The third kappa shape index (κ3) is 4.49. The van der Waals surface area contributed by atoms with Crippen molar-refractivity contribution in [2.75, 3.05) is 6.54 Å². The zero-order chi connectivity index (χ0) is 15.2. The van der Waals surface area contributed by atoms with Crippen LogP contribution >= 0.6 is 0 Å². The number of benzene rings is 1. The first-order valence-electron chi connectivity index (χ1n) is 6.72. The van der Waals surface area contributed by atoms with Crippen molar-refractivity contribution in [1.82, 2.24) is 20.3 Å². The molecule has 0 aliphatic heterocycles. The minimum absolute atomic E-state index is 0.0686. The Morgan fingerprint density at radius 2 is 2.05 bits per heavy atom. The van der Waals surface area contributed by atoms with Gasteiger partial charge < -0.3 is 10.1 Å². The normalized spacial score (nSPS) is 11.3. The van der Waals surface area contributed by atoms with Gasteiger partial charge in [0.25, 0.3) is 0 Å². The van der Waals surface area contributed by atoms with Crippen molar-refractivity contribution in [3.05, 3.63) is 36.2 Å². The molecule has 21 heavy (non-hydrogen) atoms. The second kappa shape index (κ2) is 7.12. The number of hydrogen-bond donors (Lipinski definition) is 1. The van der Waals surface area contributed by atoms with Crippen LogP contribution in [0.5, 0.6) is 5.75 Å². The quantitative estimate of drug-likeness (QED) is 0.853. The molecule has 0 aliphatic rings. The van der Waals surface area contributed by atoms with Crippen LogP contribution in [0.3, 0.4) is 0 Å². The van der Waals surface area contributed by atoms with E-state index in [1.165, 1.54) is 10.7 Å². The van der Waals surface area contributed by atoms with Crippen LogP contribution in [0, 0.1) is 5.92 Å². The average molecular weight is 296 g/mol.